The van der Waals surface area contributed by atoms with Crippen LogP contribution in [0.2, 0.25) is 0 Å². The van der Waals surface area contributed by atoms with Gasteiger partial charge in [-0.1, -0.05) is 28.9 Å². The molecule has 16 heavy (non-hydrogen) atoms. The van der Waals surface area contributed by atoms with Crippen molar-refractivity contribution in [2.45, 2.75) is 0 Å². The van der Waals surface area contributed by atoms with Crippen LogP contribution >= 0.6 is 11.6 Å². The molecule has 2 rings (SSSR count). The van der Waals surface area contributed by atoms with Crippen LogP contribution in [0, 0.1) is 0 Å². The summed E-state index contributed by atoms with van der Waals surface area (Å²) >= 11 is 5.47. The summed E-state index contributed by atoms with van der Waals surface area (Å²) in [5.41, 5.74) is 0.685. The second-order valence-electron chi connectivity index (χ2n) is 3.22. The first-order valence-electron chi connectivity index (χ1n) is 4.47. The average Bonchev–Trinajstić information content (AvgIpc) is 2.55. The van der Waals surface area contributed by atoms with Gasteiger partial charge in [-0.2, -0.15) is 0 Å². The van der Waals surface area contributed by atoms with Crippen molar-refractivity contribution in [1.29, 1.82) is 0 Å². The Labute approximate surface area is 95.9 Å². The minimum Gasteiger partial charge on any atom is -0.410 e. The maximum atomic E-state index is 11.8. The van der Waals surface area contributed by atoms with E-state index in [2.05, 4.69) is 5.16 Å². The van der Waals surface area contributed by atoms with Crippen LogP contribution < -0.4 is 0 Å². The molecular formula is C10H7ClN2O3. The average molecular weight is 239 g/mol. The van der Waals surface area contributed by atoms with Gasteiger partial charge >= 0.3 is 0 Å². The summed E-state index contributed by atoms with van der Waals surface area (Å²) in [4.78, 5) is 24.5. The lowest BCUT2D eigenvalue weighted by molar-refractivity contribution is 0.0677. The first-order chi connectivity index (χ1) is 7.65. The van der Waals surface area contributed by atoms with Gasteiger partial charge in [0.1, 0.15) is 0 Å². The molecule has 0 radical (unpaired) electrons. The maximum absolute atomic E-state index is 11.8. The topological polar surface area (TPSA) is 70.0 Å². The SMILES string of the molecule is O=C1c2ccccc2C(=O)N1C/C(Cl)=N\O. The zero-order chi connectivity index (χ0) is 11.7. The van der Waals surface area contributed by atoms with E-state index < -0.39 is 11.8 Å². The molecule has 1 aliphatic rings. The third-order valence-corrected chi connectivity index (χ3v) is 2.47. The molecular weight excluding hydrogens is 232 g/mol. The van der Waals surface area contributed by atoms with Gasteiger partial charge in [0.25, 0.3) is 11.8 Å². The molecule has 0 unspecified atom stereocenters. The predicted molar refractivity (Wildman–Crippen MR) is 56.9 cm³/mol. The van der Waals surface area contributed by atoms with Gasteiger partial charge in [0.15, 0.2) is 5.17 Å². The van der Waals surface area contributed by atoms with Crippen LogP contribution in [0.15, 0.2) is 29.4 Å². The van der Waals surface area contributed by atoms with Crippen LogP contribution in [-0.4, -0.2) is 33.6 Å². The van der Waals surface area contributed by atoms with Crippen molar-refractivity contribution in [2.75, 3.05) is 6.54 Å². The molecule has 1 aromatic rings. The van der Waals surface area contributed by atoms with E-state index in [1.165, 1.54) is 0 Å². The first-order valence-corrected chi connectivity index (χ1v) is 4.84. The molecule has 0 fully saturated rings. The number of amides is 2. The number of hydrogen-bond donors (Lipinski definition) is 1. The standard InChI is InChI=1S/C10H7ClN2O3/c11-8(12-16)5-13-9(14)6-3-1-2-4-7(6)10(13)15/h1-4,16H,5H2/b12-8+. The number of oxime groups is 1. The van der Waals surface area contributed by atoms with Crippen molar-refractivity contribution in [3.05, 3.63) is 35.4 Å². The molecule has 6 heteroatoms. The van der Waals surface area contributed by atoms with E-state index in [-0.39, 0.29) is 11.7 Å². The van der Waals surface area contributed by atoms with Crippen LogP contribution in [0.4, 0.5) is 0 Å². The summed E-state index contributed by atoms with van der Waals surface area (Å²) in [5.74, 6) is -0.857. The highest BCUT2D eigenvalue weighted by atomic mass is 35.5. The van der Waals surface area contributed by atoms with Gasteiger partial charge < -0.3 is 5.21 Å². The Balaban J connectivity index is 2.35. The summed E-state index contributed by atoms with van der Waals surface area (Å²) < 4.78 is 0. The minimum absolute atomic E-state index is 0.213. The molecule has 0 saturated heterocycles. The number of imide groups is 1. The third kappa shape index (κ3) is 1.55. The zero-order valence-electron chi connectivity index (χ0n) is 8.05. The molecule has 1 aromatic carbocycles. The number of rotatable bonds is 2. The van der Waals surface area contributed by atoms with Crippen molar-refractivity contribution >= 4 is 28.6 Å². The molecule has 0 saturated carbocycles. The van der Waals surface area contributed by atoms with Gasteiger partial charge in [0.2, 0.25) is 0 Å². The van der Waals surface area contributed by atoms with Crippen molar-refractivity contribution in [3.63, 3.8) is 0 Å². The number of fused-ring (bicyclic) bond motifs is 1. The lowest BCUT2D eigenvalue weighted by atomic mass is 10.1. The molecule has 0 spiro atoms. The largest absolute Gasteiger partial charge is 0.410 e. The number of hydrogen-bond acceptors (Lipinski definition) is 4. The fourth-order valence-electron chi connectivity index (χ4n) is 1.54. The Morgan fingerprint density at radius 3 is 2.19 bits per heavy atom. The van der Waals surface area contributed by atoms with Gasteiger partial charge in [-0.3, -0.25) is 14.5 Å². The summed E-state index contributed by atoms with van der Waals surface area (Å²) in [6.07, 6.45) is 0. The van der Waals surface area contributed by atoms with Crippen molar-refractivity contribution in [2.24, 2.45) is 5.16 Å². The molecule has 5 nitrogen and oxygen atoms in total. The van der Waals surface area contributed by atoms with E-state index in [4.69, 9.17) is 16.8 Å². The summed E-state index contributed by atoms with van der Waals surface area (Å²) in [6.45, 7) is -0.218. The zero-order valence-corrected chi connectivity index (χ0v) is 8.81. The molecule has 0 aromatic heterocycles. The van der Waals surface area contributed by atoms with E-state index in [1.807, 2.05) is 0 Å². The van der Waals surface area contributed by atoms with Gasteiger partial charge in [-0.25, -0.2) is 0 Å². The van der Waals surface area contributed by atoms with E-state index in [9.17, 15) is 9.59 Å². The first kappa shape index (κ1) is 10.6. The van der Waals surface area contributed by atoms with E-state index in [0.29, 0.717) is 11.1 Å². The quantitative estimate of drug-likeness (QED) is 0.366. The molecule has 1 heterocycles. The molecule has 82 valence electrons. The Bertz CT molecular complexity index is 464. The van der Waals surface area contributed by atoms with E-state index in [1.54, 1.807) is 24.3 Å². The van der Waals surface area contributed by atoms with E-state index >= 15 is 0 Å². The van der Waals surface area contributed by atoms with Crippen LogP contribution in [-0.2, 0) is 0 Å². The summed E-state index contributed by atoms with van der Waals surface area (Å²) in [7, 11) is 0. The Hall–Kier alpha value is -1.88. The number of carbonyl (C=O) groups is 2. The second kappa shape index (κ2) is 3.94. The monoisotopic (exact) mass is 238 g/mol. The maximum Gasteiger partial charge on any atom is 0.261 e. The van der Waals surface area contributed by atoms with Gasteiger partial charge in [-0.05, 0) is 12.1 Å². The van der Waals surface area contributed by atoms with Gasteiger partial charge in [0, 0.05) is 0 Å². The highest BCUT2D eigenvalue weighted by molar-refractivity contribution is 6.66. The number of benzene rings is 1. The Morgan fingerprint density at radius 2 is 1.75 bits per heavy atom. The van der Waals surface area contributed by atoms with Crippen LogP contribution in [0.3, 0.4) is 0 Å². The molecule has 0 aliphatic carbocycles. The Morgan fingerprint density at radius 1 is 1.25 bits per heavy atom. The molecule has 1 aliphatic heterocycles. The normalized spacial score (nSPS) is 15.6. The fraction of sp³-hybridized carbons (Fsp3) is 0.100. The number of halogens is 1. The highest BCUT2D eigenvalue weighted by Crippen LogP contribution is 2.22. The summed E-state index contributed by atoms with van der Waals surface area (Å²) in [6, 6.07) is 6.49. The number of carbonyl (C=O) groups excluding carboxylic acids is 2. The van der Waals surface area contributed by atoms with Gasteiger partial charge in [0.05, 0.1) is 17.7 Å². The Kier molecular flexibility index (Phi) is 2.62. The van der Waals surface area contributed by atoms with Crippen molar-refractivity contribution in [3.8, 4) is 0 Å². The lowest BCUT2D eigenvalue weighted by Gasteiger charge is -2.10. The van der Waals surface area contributed by atoms with Crippen LogP contribution in [0.5, 0.6) is 0 Å². The van der Waals surface area contributed by atoms with Crippen molar-refractivity contribution < 1.29 is 14.8 Å². The van der Waals surface area contributed by atoms with Crippen molar-refractivity contribution in [1.82, 2.24) is 4.90 Å². The molecule has 0 bridgehead atoms. The van der Waals surface area contributed by atoms with Crippen LogP contribution in [0.1, 0.15) is 20.7 Å². The lowest BCUT2D eigenvalue weighted by Crippen LogP contribution is -2.33. The van der Waals surface area contributed by atoms with Crippen LogP contribution in [0.25, 0.3) is 0 Å². The number of nitrogens with zero attached hydrogens (tertiary/aromatic N) is 2. The molecule has 2 amide bonds. The smallest absolute Gasteiger partial charge is 0.261 e. The second-order valence-corrected chi connectivity index (χ2v) is 3.65. The minimum atomic E-state index is -0.428. The predicted octanol–water partition coefficient (Wildman–Crippen LogP) is 1.31. The molecule has 1 N–H and O–H groups in total. The summed E-state index contributed by atoms with van der Waals surface area (Å²) in [5, 5.41) is 10.9. The third-order valence-electron chi connectivity index (χ3n) is 2.28. The highest BCUT2D eigenvalue weighted by Gasteiger charge is 2.35. The molecule has 0 atom stereocenters. The van der Waals surface area contributed by atoms with E-state index in [0.717, 1.165) is 4.90 Å². The van der Waals surface area contributed by atoms with Gasteiger partial charge in [-0.15, -0.1) is 0 Å². The fourth-order valence-corrected chi connectivity index (χ4v) is 1.66.